The fourth-order valence-corrected chi connectivity index (χ4v) is 4.73. The summed E-state index contributed by atoms with van der Waals surface area (Å²) in [5.41, 5.74) is 0.968. The summed E-state index contributed by atoms with van der Waals surface area (Å²) < 4.78 is 13.1. The lowest BCUT2D eigenvalue weighted by Gasteiger charge is -2.14. The van der Waals surface area contributed by atoms with Crippen molar-refractivity contribution in [2.24, 2.45) is 0 Å². The van der Waals surface area contributed by atoms with Crippen LogP contribution in [0.15, 0.2) is 15.9 Å². The Bertz CT molecular complexity index is 608. The Balaban J connectivity index is 2.10. The Morgan fingerprint density at radius 1 is 1.35 bits per heavy atom. The lowest BCUT2D eigenvalue weighted by Crippen LogP contribution is -2.07. The molecule has 2 aromatic heterocycles. The Labute approximate surface area is 131 Å². The van der Waals surface area contributed by atoms with E-state index in [4.69, 9.17) is 0 Å². The van der Waals surface area contributed by atoms with Crippen LogP contribution in [0, 0.1) is 0 Å². The first-order valence-electron chi connectivity index (χ1n) is 6.56. The van der Waals surface area contributed by atoms with E-state index in [1.54, 1.807) is 22.7 Å². The first-order chi connectivity index (χ1) is 9.27. The van der Waals surface area contributed by atoms with Crippen molar-refractivity contribution in [3.63, 3.8) is 0 Å². The van der Waals surface area contributed by atoms with E-state index in [0.717, 1.165) is 10.7 Å². The highest BCUT2D eigenvalue weighted by Gasteiger charge is 2.20. The SMILES string of the molecule is CC(C)c1nc(C[S@](=O)c2ncc(C(C)(C)C)s2)cs1. The van der Waals surface area contributed by atoms with Crippen molar-refractivity contribution in [3.05, 3.63) is 27.2 Å². The molecule has 0 aromatic carbocycles. The molecule has 2 aromatic rings. The van der Waals surface area contributed by atoms with Gasteiger partial charge in [0, 0.05) is 22.4 Å². The third kappa shape index (κ3) is 3.74. The average molecular weight is 329 g/mol. The average Bonchev–Trinajstić information content (AvgIpc) is 2.95. The van der Waals surface area contributed by atoms with Crippen molar-refractivity contribution in [1.29, 1.82) is 0 Å². The van der Waals surface area contributed by atoms with E-state index in [2.05, 4.69) is 44.6 Å². The molecule has 3 nitrogen and oxygen atoms in total. The maximum atomic E-state index is 12.4. The summed E-state index contributed by atoms with van der Waals surface area (Å²) in [5.74, 6) is 0.884. The van der Waals surface area contributed by atoms with Crippen molar-refractivity contribution in [3.8, 4) is 0 Å². The van der Waals surface area contributed by atoms with Crippen LogP contribution in [0.3, 0.4) is 0 Å². The van der Waals surface area contributed by atoms with E-state index >= 15 is 0 Å². The summed E-state index contributed by atoms with van der Waals surface area (Å²) in [6.45, 7) is 10.7. The number of hydrogen-bond donors (Lipinski definition) is 0. The van der Waals surface area contributed by atoms with Gasteiger partial charge in [-0.3, -0.25) is 4.21 Å². The highest BCUT2D eigenvalue weighted by atomic mass is 32.2. The van der Waals surface area contributed by atoms with E-state index < -0.39 is 10.8 Å². The maximum Gasteiger partial charge on any atom is 0.181 e. The van der Waals surface area contributed by atoms with Gasteiger partial charge >= 0.3 is 0 Å². The van der Waals surface area contributed by atoms with Gasteiger partial charge in [0.15, 0.2) is 4.34 Å². The minimum Gasteiger partial charge on any atom is -0.251 e. The van der Waals surface area contributed by atoms with Gasteiger partial charge in [-0.2, -0.15) is 0 Å². The van der Waals surface area contributed by atoms with Gasteiger partial charge in [0.2, 0.25) is 0 Å². The Morgan fingerprint density at radius 2 is 2.05 bits per heavy atom. The molecule has 110 valence electrons. The van der Waals surface area contributed by atoms with Crippen LogP contribution in [-0.4, -0.2) is 14.2 Å². The second-order valence-electron chi connectivity index (χ2n) is 6.06. The molecule has 0 bridgehead atoms. The van der Waals surface area contributed by atoms with Gasteiger partial charge < -0.3 is 0 Å². The van der Waals surface area contributed by atoms with E-state index in [9.17, 15) is 4.21 Å². The van der Waals surface area contributed by atoms with Crippen LogP contribution in [-0.2, 0) is 22.0 Å². The fraction of sp³-hybridized carbons (Fsp3) is 0.571. The highest BCUT2D eigenvalue weighted by Crippen LogP contribution is 2.30. The molecule has 2 rings (SSSR count). The Hall–Kier alpha value is -0.590. The fourth-order valence-electron chi connectivity index (χ4n) is 1.56. The summed E-state index contributed by atoms with van der Waals surface area (Å²) in [7, 11) is -1.10. The van der Waals surface area contributed by atoms with Gasteiger partial charge in [-0.05, 0) is 5.41 Å². The summed E-state index contributed by atoms with van der Waals surface area (Å²) in [6, 6.07) is 0. The van der Waals surface area contributed by atoms with Crippen molar-refractivity contribution >= 4 is 33.5 Å². The molecule has 20 heavy (non-hydrogen) atoms. The Morgan fingerprint density at radius 3 is 2.55 bits per heavy atom. The van der Waals surface area contributed by atoms with Crippen LogP contribution in [0.25, 0.3) is 0 Å². The van der Waals surface area contributed by atoms with Gasteiger partial charge in [0.1, 0.15) is 0 Å². The molecule has 0 aliphatic carbocycles. The van der Waals surface area contributed by atoms with Crippen LogP contribution < -0.4 is 0 Å². The van der Waals surface area contributed by atoms with Crippen molar-refractivity contribution in [2.45, 2.75) is 56.0 Å². The van der Waals surface area contributed by atoms with Crippen molar-refractivity contribution in [2.75, 3.05) is 0 Å². The van der Waals surface area contributed by atoms with Crippen molar-refractivity contribution in [1.82, 2.24) is 9.97 Å². The molecule has 0 unspecified atom stereocenters. The number of rotatable bonds is 4. The minimum atomic E-state index is -1.10. The standard InChI is InChI=1S/C14H20N2OS3/c1-9(2)12-16-10(7-18-12)8-20(17)13-15-6-11(19-13)14(3,4)5/h6-7,9H,8H2,1-5H3/t20-/m0/s1. The monoisotopic (exact) mass is 328 g/mol. The molecule has 0 aliphatic heterocycles. The summed E-state index contributed by atoms with van der Waals surface area (Å²) >= 11 is 3.19. The number of nitrogens with zero attached hydrogens (tertiary/aromatic N) is 2. The zero-order valence-corrected chi connectivity index (χ0v) is 14.9. The number of aromatic nitrogens is 2. The van der Waals surface area contributed by atoms with Gasteiger partial charge in [-0.15, -0.1) is 22.7 Å². The first kappa shape index (κ1) is 15.8. The van der Waals surface area contributed by atoms with Crippen LogP contribution >= 0.6 is 22.7 Å². The minimum absolute atomic E-state index is 0.0611. The van der Waals surface area contributed by atoms with Crippen LogP contribution in [0.5, 0.6) is 0 Å². The van der Waals surface area contributed by atoms with Crippen LogP contribution in [0.2, 0.25) is 0 Å². The quantitative estimate of drug-likeness (QED) is 0.839. The molecule has 0 fully saturated rings. The van der Waals surface area contributed by atoms with Gasteiger partial charge in [0.05, 0.1) is 27.3 Å². The van der Waals surface area contributed by atoms with Crippen LogP contribution in [0.1, 0.15) is 56.1 Å². The largest absolute Gasteiger partial charge is 0.251 e. The highest BCUT2D eigenvalue weighted by molar-refractivity contribution is 7.86. The molecule has 0 saturated carbocycles. The third-order valence-electron chi connectivity index (χ3n) is 2.76. The molecule has 0 N–H and O–H groups in total. The van der Waals surface area contributed by atoms with E-state index in [1.807, 2.05) is 11.6 Å². The lowest BCUT2D eigenvalue weighted by molar-refractivity contribution is 0.602. The van der Waals surface area contributed by atoms with Gasteiger partial charge in [-0.25, -0.2) is 9.97 Å². The van der Waals surface area contributed by atoms with E-state index in [1.165, 1.54) is 4.88 Å². The zero-order valence-electron chi connectivity index (χ0n) is 12.5. The smallest absolute Gasteiger partial charge is 0.181 e. The topological polar surface area (TPSA) is 42.9 Å². The molecule has 0 radical (unpaired) electrons. The van der Waals surface area contributed by atoms with E-state index in [-0.39, 0.29) is 5.41 Å². The number of thiazole rings is 2. The second kappa shape index (κ2) is 6.03. The number of hydrogen-bond acceptors (Lipinski definition) is 5. The molecule has 0 saturated heterocycles. The summed E-state index contributed by atoms with van der Waals surface area (Å²) in [4.78, 5) is 10.0. The maximum absolute atomic E-state index is 12.4. The molecule has 2 heterocycles. The molecular formula is C14H20N2OS3. The predicted octanol–water partition coefficient (Wildman–Crippen LogP) is 4.33. The lowest BCUT2D eigenvalue weighted by atomic mass is 9.96. The predicted molar refractivity (Wildman–Crippen MR) is 87.1 cm³/mol. The third-order valence-corrected chi connectivity index (χ3v) is 7.03. The molecule has 1 atom stereocenters. The van der Waals surface area contributed by atoms with E-state index in [0.29, 0.717) is 16.0 Å². The second-order valence-corrected chi connectivity index (χ2v) is 9.61. The normalized spacial score (nSPS) is 13.9. The van der Waals surface area contributed by atoms with Crippen molar-refractivity contribution < 1.29 is 4.21 Å². The van der Waals surface area contributed by atoms with Crippen LogP contribution in [0.4, 0.5) is 0 Å². The summed E-state index contributed by atoms with van der Waals surface area (Å²) in [6.07, 6.45) is 1.85. The molecule has 0 aliphatic rings. The summed E-state index contributed by atoms with van der Waals surface area (Å²) in [5, 5.41) is 3.11. The molecule has 0 spiro atoms. The molecular weight excluding hydrogens is 308 g/mol. The molecule has 6 heteroatoms. The zero-order chi connectivity index (χ0) is 14.9. The Kier molecular flexibility index (Phi) is 4.76. The first-order valence-corrected chi connectivity index (χ1v) is 9.58. The van der Waals surface area contributed by atoms with Gasteiger partial charge in [-0.1, -0.05) is 34.6 Å². The molecule has 0 amide bonds. The van der Waals surface area contributed by atoms with Gasteiger partial charge in [0.25, 0.3) is 0 Å².